The minimum absolute atomic E-state index is 0.172. The van der Waals surface area contributed by atoms with Crippen LogP contribution in [0.4, 0.5) is 0 Å². The summed E-state index contributed by atoms with van der Waals surface area (Å²) < 4.78 is 0. The molecule has 0 heterocycles. The molecule has 8 N–H and O–H groups in total. The van der Waals surface area contributed by atoms with E-state index in [2.05, 4.69) is 10.6 Å². The first kappa shape index (κ1) is 21.8. The van der Waals surface area contributed by atoms with Gasteiger partial charge in [-0.3, -0.25) is 19.2 Å². The van der Waals surface area contributed by atoms with Crippen molar-refractivity contribution in [1.29, 1.82) is 0 Å². The van der Waals surface area contributed by atoms with E-state index in [1.54, 1.807) is 0 Å². The highest BCUT2D eigenvalue weighted by Gasteiger charge is 2.26. The predicted octanol–water partition coefficient (Wildman–Crippen LogP) is -1.62. The minimum Gasteiger partial charge on any atom is -0.481 e. The van der Waals surface area contributed by atoms with Crippen LogP contribution in [0.3, 0.4) is 0 Å². The third-order valence-corrected chi connectivity index (χ3v) is 3.32. The second kappa shape index (κ2) is 11.4. The van der Waals surface area contributed by atoms with E-state index in [1.165, 1.54) is 6.92 Å². The van der Waals surface area contributed by atoms with E-state index in [4.69, 9.17) is 21.7 Å². The molecule has 0 radical (unpaired) electrons. The first-order valence-electron chi connectivity index (χ1n) is 7.70. The second-order valence-corrected chi connectivity index (χ2v) is 5.45. The summed E-state index contributed by atoms with van der Waals surface area (Å²) in [5, 5.41) is 22.1. The Bertz CT molecular complexity index is 457. The highest BCUT2D eigenvalue weighted by atomic mass is 16.4. The van der Waals surface area contributed by atoms with Gasteiger partial charge in [-0.2, -0.15) is 0 Å². The SMILES string of the molecule is C[C@@H](NC(=O)[C@H](CCC(=O)O)NC(=O)[C@@H](N)CCCCN)C(=O)O. The number of carbonyl (C=O) groups excluding carboxylic acids is 2. The molecule has 0 aromatic carbocycles. The molecule has 0 aromatic rings. The standard InChI is InChI=1S/C14H26N4O6/c1-8(14(23)24)17-13(22)10(5-6-11(19)20)18-12(21)9(16)4-2-3-7-15/h8-10H,2-7,15-16H2,1H3,(H,17,22)(H,18,21)(H,19,20)(H,23,24)/t8-,9+,10+/m1/s1. The molecule has 0 unspecified atom stereocenters. The van der Waals surface area contributed by atoms with Gasteiger partial charge in [-0.25, -0.2) is 0 Å². The lowest BCUT2D eigenvalue weighted by atomic mass is 10.1. The molecule has 10 nitrogen and oxygen atoms in total. The fourth-order valence-corrected chi connectivity index (χ4v) is 1.83. The van der Waals surface area contributed by atoms with Crippen LogP contribution in [0, 0.1) is 0 Å². The van der Waals surface area contributed by atoms with Crippen LogP contribution >= 0.6 is 0 Å². The molecule has 24 heavy (non-hydrogen) atoms. The maximum Gasteiger partial charge on any atom is 0.325 e. The Morgan fingerprint density at radius 3 is 2.12 bits per heavy atom. The maximum atomic E-state index is 12.0. The smallest absolute Gasteiger partial charge is 0.325 e. The van der Waals surface area contributed by atoms with Crippen molar-refractivity contribution in [2.45, 2.75) is 57.2 Å². The molecule has 0 saturated carbocycles. The molecule has 2 amide bonds. The van der Waals surface area contributed by atoms with Crippen molar-refractivity contribution in [2.75, 3.05) is 6.54 Å². The lowest BCUT2D eigenvalue weighted by Crippen LogP contribution is -2.54. The number of nitrogens with two attached hydrogens (primary N) is 2. The van der Waals surface area contributed by atoms with Crippen molar-refractivity contribution in [3.8, 4) is 0 Å². The number of rotatable bonds is 12. The van der Waals surface area contributed by atoms with Crippen LogP contribution < -0.4 is 22.1 Å². The highest BCUT2D eigenvalue weighted by molar-refractivity contribution is 5.91. The number of unbranched alkanes of at least 4 members (excludes halogenated alkanes) is 1. The van der Waals surface area contributed by atoms with Crippen molar-refractivity contribution in [2.24, 2.45) is 11.5 Å². The number of aliphatic carboxylic acids is 2. The zero-order chi connectivity index (χ0) is 18.7. The fourth-order valence-electron chi connectivity index (χ4n) is 1.83. The quantitative estimate of drug-likeness (QED) is 0.228. The lowest BCUT2D eigenvalue weighted by molar-refractivity contribution is -0.142. The normalized spacial score (nSPS) is 14.3. The van der Waals surface area contributed by atoms with Gasteiger partial charge in [0.2, 0.25) is 11.8 Å². The van der Waals surface area contributed by atoms with Gasteiger partial charge in [0.05, 0.1) is 6.04 Å². The van der Waals surface area contributed by atoms with Crippen LogP contribution in [0.1, 0.15) is 39.0 Å². The Hall–Kier alpha value is -2.20. The summed E-state index contributed by atoms with van der Waals surface area (Å²) in [6.07, 6.45) is 1.20. The van der Waals surface area contributed by atoms with Gasteiger partial charge in [-0.05, 0) is 32.7 Å². The van der Waals surface area contributed by atoms with Crippen LogP contribution in [0.25, 0.3) is 0 Å². The summed E-state index contributed by atoms with van der Waals surface area (Å²) in [5.74, 6) is -3.75. The van der Waals surface area contributed by atoms with E-state index in [0.29, 0.717) is 25.8 Å². The summed E-state index contributed by atoms with van der Waals surface area (Å²) in [6, 6.07) is -3.19. The van der Waals surface area contributed by atoms with Gasteiger partial charge < -0.3 is 32.3 Å². The number of hydrogen-bond acceptors (Lipinski definition) is 6. The first-order chi connectivity index (χ1) is 11.2. The zero-order valence-corrected chi connectivity index (χ0v) is 13.7. The number of amides is 2. The Labute approximate surface area is 139 Å². The number of nitrogens with one attached hydrogen (secondary N) is 2. The van der Waals surface area contributed by atoms with E-state index < -0.39 is 41.9 Å². The number of carbonyl (C=O) groups is 4. The first-order valence-corrected chi connectivity index (χ1v) is 7.70. The fraction of sp³-hybridized carbons (Fsp3) is 0.714. The molecule has 0 fully saturated rings. The van der Waals surface area contributed by atoms with Crippen LogP contribution in [0.15, 0.2) is 0 Å². The lowest BCUT2D eigenvalue weighted by Gasteiger charge is -2.21. The molecule has 3 atom stereocenters. The Balaban J connectivity index is 4.74. The Morgan fingerprint density at radius 2 is 1.62 bits per heavy atom. The van der Waals surface area contributed by atoms with Crippen molar-refractivity contribution in [3.05, 3.63) is 0 Å². The number of carboxylic acids is 2. The molecular formula is C14H26N4O6. The molecule has 10 heteroatoms. The van der Waals surface area contributed by atoms with Crippen LogP contribution in [-0.4, -0.2) is 58.6 Å². The Morgan fingerprint density at radius 1 is 1.00 bits per heavy atom. The van der Waals surface area contributed by atoms with Gasteiger partial charge in [0.25, 0.3) is 0 Å². The molecule has 0 aliphatic carbocycles. The highest BCUT2D eigenvalue weighted by Crippen LogP contribution is 2.03. The monoisotopic (exact) mass is 346 g/mol. The van der Waals surface area contributed by atoms with E-state index in [1.807, 2.05) is 0 Å². The van der Waals surface area contributed by atoms with Gasteiger partial charge in [0.1, 0.15) is 12.1 Å². The van der Waals surface area contributed by atoms with Crippen LogP contribution in [0.5, 0.6) is 0 Å². The van der Waals surface area contributed by atoms with Gasteiger partial charge in [0, 0.05) is 6.42 Å². The molecule has 138 valence electrons. The molecule has 0 aromatic heterocycles. The predicted molar refractivity (Wildman–Crippen MR) is 84.9 cm³/mol. The molecule has 0 saturated heterocycles. The molecule has 0 rings (SSSR count). The number of hydrogen-bond donors (Lipinski definition) is 6. The van der Waals surface area contributed by atoms with Crippen molar-refractivity contribution in [3.63, 3.8) is 0 Å². The van der Waals surface area contributed by atoms with Crippen LogP contribution in [-0.2, 0) is 19.2 Å². The molecule has 0 aliphatic heterocycles. The Kier molecular flexibility index (Phi) is 10.3. The summed E-state index contributed by atoms with van der Waals surface area (Å²) >= 11 is 0. The van der Waals surface area contributed by atoms with E-state index >= 15 is 0 Å². The zero-order valence-electron chi connectivity index (χ0n) is 13.7. The van der Waals surface area contributed by atoms with E-state index in [9.17, 15) is 19.2 Å². The topological polar surface area (TPSA) is 185 Å². The summed E-state index contributed by atoms with van der Waals surface area (Å²) in [7, 11) is 0. The average Bonchev–Trinajstić information content (AvgIpc) is 2.50. The molecule has 0 bridgehead atoms. The summed E-state index contributed by atoms with van der Waals surface area (Å²) in [6.45, 7) is 1.74. The van der Waals surface area contributed by atoms with Crippen molar-refractivity contribution >= 4 is 23.8 Å². The third kappa shape index (κ3) is 9.06. The molecule has 0 aliphatic rings. The minimum atomic E-state index is -1.25. The van der Waals surface area contributed by atoms with Crippen molar-refractivity contribution < 1.29 is 29.4 Å². The third-order valence-electron chi connectivity index (χ3n) is 3.32. The van der Waals surface area contributed by atoms with Gasteiger partial charge in [0.15, 0.2) is 0 Å². The van der Waals surface area contributed by atoms with Crippen LogP contribution in [0.2, 0.25) is 0 Å². The van der Waals surface area contributed by atoms with Gasteiger partial charge >= 0.3 is 11.9 Å². The average molecular weight is 346 g/mol. The summed E-state index contributed by atoms with van der Waals surface area (Å²) in [4.78, 5) is 45.5. The summed E-state index contributed by atoms with van der Waals surface area (Å²) in [5.41, 5.74) is 11.1. The largest absolute Gasteiger partial charge is 0.481 e. The molecular weight excluding hydrogens is 320 g/mol. The van der Waals surface area contributed by atoms with Crippen molar-refractivity contribution in [1.82, 2.24) is 10.6 Å². The van der Waals surface area contributed by atoms with Gasteiger partial charge in [-0.15, -0.1) is 0 Å². The molecule has 0 spiro atoms. The number of carboxylic acid groups (broad SMARTS) is 2. The van der Waals surface area contributed by atoms with E-state index in [0.717, 1.165) is 0 Å². The second-order valence-electron chi connectivity index (χ2n) is 5.45. The van der Waals surface area contributed by atoms with E-state index in [-0.39, 0.29) is 12.8 Å². The van der Waals surface area contributed by atoms with Gasteiger partial charge in [-0.1, -0.05) is 6.42 Å². The maximum absolute atomic E-state index is 12.0.